The number of nitrogens with one attached hydrogen (secondary N) is 2. The average molecular weight is 663 g/mol. The fraction of sp³-hybridized carbons (Fsp3) is 0.622. The van der Waals surface area contributed by atoms with Crippen LogP contribution in [0.15, 0.2) is 36.4 Å². The Morgan fingerprint density at radius 3 is 2.48 bits per heavy atom. The maximum absolute atomic E-state index is 14.0. The highest BCUT2D eigenvalue weighted by atomic mass is 16.7. The molecule has 11 heteroatoms. The van der Waals surface area contributed by atoms with E-state index in [9.17, 15) is 14.7 Å². The summed E-state index contributed by atoms with van der Waals surface area (Å²) in [5, 5.41) is 19.7. The first-order valence-electron chi connectivity index (χ1n) is 17.2. The van der Waals surface area contributed by atoms with Gasteiger partial charge in [-0.05, 0) is 80.3 Å². The molecule has 2 saturated carbocycles. The molecule has 5 N–H and O–H groups in total. The SMILES string of the molecule is COc1c(CN2OC(CN)[C@@](C)(O)[C@H]2C(=O)N[C@H]2C[C@@H]3C(C)(C)CC23C)cccc1-c1cc(C(=O)N[C@@H]2CCN(C)C2)cc(N(C)C)c1. The number of benzene rings is 2. The molecule has 2 aliphatic carbocycles. The number of hydroxylamine groups is 2. The van der Waals surface area contributed by atoms with Crippen molar-refractivity contribution in [3.8, 4) is 16.9 Å². The number of carbonyl (C=O) groups excluding carboxylic acids is 2. The van der Waals surface area contributed by atoms with E-state index in [1.165, 1.54) is 0 Å². The summed E-state index contributed by atoms with van der Waals surface area (Å²) in [5.41, 5.74) is 8.76. The number of para-hydroxylation sites is 1. The van der Waals surface area contributed by atoms with Gasteiger partial charge in [0, 0.05) is 61.6 Å². The molecular formula is C37H54N6O5. The Morgan fingerprint density at radius 2 is 1.90 bits per heavy atom. The third-order valence-electron chi connectivity index (χ3n) is 11.7. The summed E-state index contributed by atoms with van der Waals surface area (Å²) >= 11 is 0. The predicted octanol–water partition coefficient (Wildman–Crippen LogP) is 3.00. The Bertz CT molecular complexity index is 1560. The van der Waals surface area contributed by atoms with Gasteiger partial charge in [-0.3, -0.25) is 14.4 Å². The second-order valence-electron chi connectivity index (χ2n) is 15.9. The van der Waals surface area contributed by atoms with E-state index in [1.807, 2.05) is 55.4 Å². The summed E-state index contributed by atoms with van der Waals surface area (Å²) in [4.78, 5) is 37.8. The number of methoxy groups -OCH3 is 1. The summed E-state index contributed by atoms with van der Waals surface area (Å²) in [6, 6.07) is 10.9. The molecule has 2 aromatic rings. The zero-order valence-electron chi connectivity index (χ0n) is 29.8. The van der Waals surface area contributed by atoms with Crippen LogP contribution in [-0.2, 0) is 16.2 Å². The number of nitrogens with zero attached hydrogens (tertiary/aromatic N) is 3. The van der Waals surface area contributed by atoms with Gasteiger partial charge in [0.05, 0.1) is 13.7 Å². The lowest BCUT2D eigenvalue weighted by Crippen LogP contribution is -2.72. The smallest absolute Gasteiger partial charge is 0.251 e. The minimum Gasteiger partial charge on any atom is -0.496 e. The number of hydrogen-bond donors (Lipinski definition) is 4. The highest BCUT2D eigenvalue weighted by Gasteiger charge is 2.67. The molecule has 0 bridgehead atoms. The van der Waals surface area contributed by atoms with Crippen molar-refractivity contribution in [3.05, 3.63) is 47.5 Å². The Kier molecular flexibility index (Phi) is 9.08. The molecule has 0 radical (unpaired) electrons. The summed E-state index contributed by atoms with van der Waals surface area (Å²) < 4.78 is 6.03. The topological polar surface area (TPSA) is 133 Å². The van der Waals surface area contributed by atoms with Crippen LogP contribution in [0.4, 0.5) is 5.69 Å². The number of fused-ring (bicyclic) bond motifs is 1. The molecule has 2 amide bonds. The number of likely N-dealkylation sites (N-methyl/N-ethyl adjacent to an activating group) is 1. The zero-order chi connectivity index (χ0) is 34.8. The number of anilines is 1. The number of carbonyl (C=O) groups is 2. The molecule has 2 unspecified atom stereocenters. The summed E-state index contributed by atoms with van der Waals surface area (Å²) in [7, 11) is 7.58. The van der Waals surface area contributed by atoms with Crippen molar-refractivity contribution in [3.63, 3.8) is 0 Å². The number of aliphatic hydroxyl groups is 1. The average Bonchev–Trinajstić information content (AvgIpc) is 3.55. The molecule has 2 aromatic carbocycles. The molecule has 4 aliphatic rings. The van der Waals surface area contributed by atoms with Crippen molar-refractivity contribution in [1.82, 2.24) is 20.6 Å². The van der Waals surface area contributed by atoms with E-state index in [1.54, 1.807) is 19.1 Å². The van der Waals surface area contributed by atoms with Crippen LogP contribution in [0.3, 0.4) is 0 Å². The van der Waals surface area contributed by atoms with Crippen molar-refractivity contribution in [2.75, 3.05) is 52.8 Å². The van der Waals surface area contributed by atoms with E-state index in [-0.39, 0.29) is 42.4 Å². The van der Waals surface area contributed by atoms with Gasteiger partial charge in [-0.15, -0.1) is 0 Å². The van der Waals surface area contributed by atoms with Crippen LogP contribution in [0.2, 0.25) is 0 Å². The first-order chi connectivity index (χ1) is 22.6. The lowest BCUT2D eigenvalue weighted by Gasteiger charge is -2.71. The maximum atomic E-state index is 14.0. The number of ether oxygens (including phenoxy) is 1. The molecule has 7 atom stereocenters. The van der Waals surface area contributed by atoms with Crippen molar-refractivity contribution in [1.29, 1.82) is 0 Å². The lowest BCUT2D eigenvalue weighted by molar-refractivity contribution is -0.204. The lowest BCUT2D eigenvalue weighted by atomic mass is 9.36. The first-order valence-corrected chi connectivity index (χ1v) is 17.2. The minimum atomic E-state index is -1.51. The van der Waals surface area contributed by atoms with Gasteiger partial charge in [0.15, 0.2) is 0 Å². The molecule has 2 heterocycles. The van der Waals surface area contributed by atoms with Crippen LogP contribution in [0.1, 0.15) is 62.9 Å². The van der Waals surface area contributed by atoms with Crippen LogP contribution in [-0.4, -0.2) is 105 Å². The van der Waals surface area contributed by atoms with Crippen molar-refractivity contribution < 1.29 is 24.3 Å². The van der Waals surface area contributed by atoms with Gasteiger partial charge in [-0.2, -0.15) is 5.06 Å². The molecular weight excluding hydrogens is 608 g/mol. The third-order valence-corrected chi connectivity index (χ3v) is 11.7. The first kappa shape index (κ1) is 34.6. The largest absolute Gasteiger partial charge is 0.496 e. The highest BCUT2D eigenvalue weighted by Crippen LogP contribution is 2.69. The molecule has 262 valence electrons. The van der Waals surface area contributed by atoms with Crippen LogP contribution in [0.25, 0.3) is 11.1 Å². The second kappa shape index (κ2) is 12.6. The van der Waals surface area contributed by atoms with Crippen molar-refractivity contribution in [2.24, 2.45) is 22.5 Å². The Hall–Kier alpha value is -3.22. The molecule has 0 spiro atoms. The monoisotopic (exact) mass is 662 g/mol. The van der Waals surface area contributed by atoms with Gasteiger partial charge >= 0.3 is 0 Å². The Labute approximate surface area is 285 Å². The maximum Gasteiger partial charge on any atom is 0.251 e. The van der Waals surface area contributed by atoms with Crippen molar-refractivity contribution in [2.45, 2.75) is 83.3 Å². The van der Waals surface area contributed by atoms with Gasteiger partial charge in [0.2, 0.25) is 5.91 Å². The van der Waals surface area contributed by atoms with E-state index < -0.39 is 17.7 Å². The summed E-state index contributed by atoms with van der Waals surface area (Å²) in [5.74, 6) is 0.810. The summed E-state index contributed by atoms with van der Waals surface area (Å²) in [6.07, 6.45) is 2.16. The van der Waals surface area contributed by atoms with Crippen molar-refractivity contribution >= 4 is 17.5 Å². The standard InChI is InChI=1S/C37H54N6O5/c1-35(2)21-36(3)28(35)17-29(36)40-34(45)32-37(4,46)30(18-38)48-43(32)19-22-10-9-11-27(31(22)47-8)23-14-24(16-26(15-23)41(5)6)33(44)39-25-12-13-42(7)20-25/h9-11,14-16,25,28-30,32,46H,12-13,17-21,38H2,1-8H3,(H,39,44)(H,40,45)/t25-,28-,29+,30?,32-,36?,37-/m1/s1. The van der Waals surface area contributed by atoms with Gasteiger partial charge in [-0.1, -0.05) is 39.0 Å². The number of likely N-dealkylation sites (tertiary alicyclic amines) is 1. The third kappa shape index (κ3) is 5.98. The minimum absolute atomic E-state index is 0.0559. The number of rotatable bonds is 10. The fourth-order valence-corrected chi connectivity index (χ4v) is 9.19. The van der Waals surface area contributed by atoms with E-state index in [4.69, 9.17) is 15.3 Å². The van der Waals surface area contributed by atoms with Gasteiger partial charge in [-0.25, -0.2) is 0 Å². The van der Waals surface area contributed by atoms with E-state index in [0.717, 1.165) is 54.7 Å². The van der Waals surface area contributed by atoms with E-state index in [0.29, 0.717) is 22.6 Å². The van der Waals surface area contributed by atoms with Gasteiger partial charge < -0.3 is 36.0 Å². The van der Waals surface area contributed by atoms with Gasteiger partial charge in [0.1, 0.15) is 23.5 Å². The molecule has 2 saturated heterocycles. The van der Waals surface area contributed by atoms with Crippen LogP contribution in [0.5, 0.6) is 5.75 Å². The molecule has 11 nitrogen and oxygen atoms in total. The molecule has 2 aliphatic heterocycles. The fourth-order valence-electron chi connectivity index (χ4n) is 9.19. The van der Waals surface area contributed by atoms with Gasteiger partial charge in [0.25, 0.3) is 5.91 Å². The van der Waals surface area contributed by atoms with E-state index in [2.05, 4.69) is 43.4 Å². The summed E-state index contributed by atoms with van der Waals surface area (Å²) in [6.45, 7) is 10.5. The quantitative estimate of drug-likeness (QED) is 0.303. The van der Waals surface area contributed by atoms with Crippen LogP contribution >= 0.6 is 0 Å². The molecule has 48 heavy (non-hydrogen) atoms. The van der Waals surface area contributed by atoms with Crippen LogP contribution < -0.4 is 26.0 Å². The van der Waals surface area contributed by atoms with Crippen LogP contribution in [0, 0.1) is 16.7 Å². The Balaban J connectivity index is 1.27. The normalized spacial score (nSPS) is 32.6. The number of amides is 2. The van der Waals surface area contributed by atoms with E-state index >= 15 is 0 Å². The molecule has 4 fully saturated rings. The number of nitrogens with two attached hydrogens (primary N) is 1. The zero-order valence-corrected chi connectivity index (χ0v) is 29.8. The predicted molar refractivity (Wildman–Crippen MR) is 187 cm³/mol. The molecule has 0 aromatic heterocycles. The number of hydrogen-bond acceptors (Lipinski definition) is 9. The Morgan fingerprint density at radius 1 is 1.15 bits per heavy atom. The molecule has 6 rings (SSSR count). The highest BCUT2D eigenvalue weighted by molar-refractivity contribution is 5.97. The second-order valence-corrected chi connectivity index (χ2v) is 15.9.